The fourth-order valence-electron chi connectivity index (χ4n) is 2.21. The van der Waals surface area contributed by atoms with E-state index in [-0.39, 0.29) is 11.5 Å². The van der Waals surface area contributed by atoms with Crippen LogP contribution in [0.5, 0.6) is 11.5 Å². The van der Waals surface area contributed by atoms with E-state index in [2.05, 4.69) is 16.9 Å². The predicted molar refractivity (Wildman–Crippen MR) is 85.6 cm³/mol. The van der Waals surface area contributed by atoms with Gasteiger partial charge in [-0.2, -0.15) is 0 Å². The van der Waals surface area contributed by atoms with E-state index in [1.54, 1.807) is 14.0 Å². The number of methoxy groups -OCH3 is 1. The third kappa shape index (κ3) is 3.58. The van der Waals surface area contributed by atoms with Gasteiger partial charge in [0.05, 0.1) is 19.4 Å². The molecule has 0 fully saturated rings. The van der Waals surface area contributed by atoms with E-state index in [1.165, 1.54) is 0 Å². The second kappa shape index (κ2) is 6.98. The van der Waals surface area contributed by atoms with Gasteiger partial charge in [-0.15, -0.1) is 0 Å². The van der Waals surface area contributed by atoms with Crippen LogP contribution >= 0.6 is 0 Å². The molecule has 0 aliphatic carbocycles. The van der Waals surface area contributed by atoms with Crippen molar-refractivity contribution in [3.63, 3.8) is 0 Å². The topological polar surface area (TPSA) is 90.2 Å². The van der Waals surface area contributed by atoms with Gasteiger partial charge in [-0.25, -0.2) is 4.98 Å². The maximum absolute atomic E-state index is 12.0. The first-order valence-corrected chi connectivity index (χ1v) is 7.20. The molecule has 118 valence electrons. The third-order valence-electron chi connectivity index (χ3n) is 3.34. The highest BCUT2D eigenvalue weighted by Gasteiger charge is 2.12. The Balaban J connectivity index is 2.32. The van der Waals surface area contributed by atoms with Gasteiger partial charge in [-0.1, -0.05) is 13.0 Å². The average molecular weight is 303 g/mol. The van der Waals surface area contributed by atoms with E-state index in [4.69, 9.17) is 15.2 Å². The summed E-state index contributed by atoms with van der Waals surface area (Å²) in [5, 5.41) is 0. The molecule has 3 N–H and O–H groups in total. The van der Waals surface area contributed by atoms with Gasteiger partial charge in [-0.3, -0.25) is 9.78 Å². The van der Waals surface area contributed by atoms with Gasteiger partial charge in [0.1, 0.15) is 11.5 Å². The van der Waals surface area contributed by atoms with Crippen molar-refractivity contribution in [1.82, 2.24) is 9.97 Å². The standard InChI is InChI=1S/C16H21N3O3/c1-4-7-22-12-6-5-11(14(9-12)21-3)8-13-10(2)18-16(17)19-15(13)20/h5-6,9H,4,7-8H2,1-3H3,(H3,17,18,19,20). The van der Waals surface area contributed by atoms with Gasteiger partial charge in [-0.05, 0) is 25.0 Å². The van der Waals surface area contributed by atoms with Crippen molar-refractivity contribution in [3.05, 3.63) is 45.4 Å². The number of nitrogens with one attached hydrogen (secondary N) is 1. The van der Waals surface area contributed by atoms with Crippen molar-refractivity contribution < 1.29 is 9.47 Å². The number of benzene rings is 1. The smallest absolute Gasteiger partial charge is 0.256 e. The lowest BCUT2D eigenvalue weighted by Gasteiger charge is -2.12. The van der Waals surface area contributed by atoms with Crippen molar-refractivity contribution in [2.24, 2.45) is 0 Å². The number of rotatable bonds is 6. The first-order valence-electron chi connectivity index (χ1n) is 7.20. The number of hydrogen-bond donors (Lipinski definition) is 2. The Morgan fingerprint density at radius 1 is 1.36 bits per heavy atom. The number of anilines is 1. The molecule has 0 aliphatic heterocycles. The maximum Gasteiger partial charge on any atom is 0.256 e. The summed E-state index contributed by atoms with van der Waals surface area (Å²) in [6, 6.07) is 5.61. The predicted octanol–water partition coefficient (Wildman–Crippen LogP) is 2.05. The van der Waals surface area contributed by atoms with Crippen molar-refractivity contribution >= 4 is 5.95 Å². The third-order valence-corrected chi connectivity index (χ3v) is 3.34. The van der Waals surface area contributed by atoms with Gasteiger partial charge in [0.15, 0.2) is 0 Å². The molecule has 1 aromatic carbocycles. The first kappa shape index (κ1) is 15.9. The SMILES string of the molecule is CCCOc1ccc(Cc2c(C)nc(N)[nH]c2=O)c(OC)c1. The molecule has 6 heteroatoms. The molecule has 0 amide bonds. The van der Waals surface area contributed by atoms with Crippen molar-refractivity contribution in [3.8, 4) is 11.5 Å². The fourth-order valence-corrected chi connectivity index (χ4v) is 2.21. The Morgan fingerprint density at radius 3 is 2.77 bits per heavy atom. The average Bonchev–Trinajstić information content (AvgIpc) is 2.49. The van der Waals surface area contributed by atoms with Crippen LogP contribution in [0.15, 0.2) is 23.0 Å². The van der Waals surface area contributed by atoms with Gasteiger partial charge >= 0.3 is 0 Å². The molecule has 0 bridgehead atoms. The van der Waals surface area contributed by atoms with Crippen LogP contribution in [0.3, 0.4) is 0 Å². The summed E-state index contributed by atoms with van der Waals surface area (Å²) in [5.74, 6) is 1.56. The molecule has 0 saturated heterocycles. The number of H-pyrrole nitrogens is 1. The number of nitrogens with two attached hydrogens (primary N) is 1. The molecule has 6 nitrogen and oxygen atoms in total. The molecule has 22 heavy (non-hydrogen) atoms. The minimum absolute atomic E-state index is 0.126. The molecule has 1 heterocycles. The largest absolute Gasteiger partial charge is 0.496 e. The second-order valence-corrected chi connectivity index (χ2v) is 5.01. The fraction of sp³-hybridized carbons (Fsp3) is 0.375. The van der Waals surface area contributed by atoms with Crippen LogP contribution in [0.25, 0.3) is 0 Å². The molecule has 0 saturated carbocycles. The Labute approximate surface area is 129 Å². The summed E-state index contributed by atoms with van der Waals surface area (Å²) in [6.45, 7) is 4.48. The van der Waals surface area contributed by atoms with Crippen LogP contribution in [0.4, 0.5) is 5.95 Å². The lowest BCUT2D eigenvalue weighted by molar-refractivity contribution is 0.314. The van der Waals surface area contributed by atoms with Crippen molar-refractivity contribution in [2.75, 3.05) is 19.5 Å². The minimum atomic E-state index is -0.224. The molecule has 0 atom stereocenters. The number of ether oxygens (including phenoxy) is 2. The summed E-state index contributed by atoms with van der Waals surface area (Å²) < 4.78 is 11.0. The van der Waals surface area contributed by atoms with Gasteiger partial charge in [0.2, 0.25) is 5.95 Å². The van der Waals surface area contributed by atoms with E-state index >= 15 is 0 Å². The zero-order valence-corrected chi connectivity index (χ0v) is 13.1. The van der Waals surface area contributed by atoms with Crippen LogP contribution in [-0.2, 0) is 6.42 Å². The number of aromatic nitrogens is 2. The molecular weight excluding hydrogens is 282 g/mol. The number of hydrogen-bond acceptors (Lipinski definition) is 5. The van der Waals surface area contributed by atoms with E-state index in [0.717, 1.165) is 17.7 Å². The van der Waals surface area contributed by atoms with Crippen LogP contribution in [0.2, 0.25) is 0 Å². The molecular formula is C16H21N3O3. The Hall–Kier alpha value is -2.50. The Kier molecular flexibility index (Phi) is 5.04. The van der Waals surface area contributed by atoms with Crippen LogP contribution in [-0.4, -0.2) is 23.7 Å². The minimum Gasteiger partial charge on any atom is -0.496 e. The van der Waals surface area contributed by atoms with Crippen LogP contribution in [0, 0.1) is 6.92 Å². The summed E-state index contributed by atoms with van der Waals surface area (Å²) >= 11 is 0. The molecule has 0 radical (unpaired) electrons. The maximum atomic E-state index is 12.0. The molecule has 0 unspecified atom stereocenters. The van der Waals surface area contributed by atoms with Crippen LogP contribution in [0.1, 0.15) is 30.2 Å². The molecule has 2 rings (SSSR count). The highest BCUT2D eigenvalue weighted by atomic mass is 16.5. The van der Waals surface area contributed by atoms with Crippen LogP contribution < -0.4 is 20.8 Å². The first-order chi connectivity index (χ1) is 10.5. The molecule has 0 aliphatic rings. The monoisotopic (exact) mass is 303 g/mol. The second-order valence-electron chi connectivity index (χ2n) is 5.01. The van der Waals surface area contributed by atoms with E-state index in [9.17, 15) is 4.79 Å². The van der Waals surface area contributed by atoms with Crippen molar-refractivity contribution in [1.29, 1.82) is 0 Å². The summed E-state index contributed by atoms with van der Waals surface area (Å²) in [5.41, 5.74) is 7.41. The quantitative estimate of drug-likeness (QED) is 0.852. The molecule has 1 aromatic heterocycles. The normalized spacial score (nSPS) is 10.5. The molecule has 2 aromatic rings. The Bertz CT molecular complexity index is 710. The number of aryl methyl sites for hydroxylation is 1. The number of aromatic amines is 1. The molecule has 0 spiro atoms. The van der Waals surface area contributed by atoms with E-state index in [0.29, 0.717) is 30.0 Å². The number of nitrogen functional groups attached to an aromatic ring is 1. The van der Waals surface area contributed by atoms with Gasteiger partial charge < -0.3 is 15.2 Å². The van der Waals surface area contributed by atoms with Crippen molar-refractivity contribution in [2.45, 2.75) is 26.7 Å². The van der Waals surface area contributed by atoms with E-state index < -0.39 is 0 Å². The zero-order valence-electron chi connectivity index (χ0n) is 13.1. The summed E-state index contributed by atoms with van der Waals surface area (Å²) in [7, 11) is 1.60. The summed E-state index contributed by atoms with van der Waals surface area (Å²) in [4.78, 5) is 18.7. The lowest BCUT2D eigenvalue weighted by Crippen LogP contribution is -2.19. The van der Waals surface area contributed by atoms with Gasteiger partial charge in [0, 0.05) is 18.1 Å². The lowest BCUT2D eigenvalue weighted by atomic mass is 10.0. The summed E-state index contributed by atoms with van der Waals surface area (Å²) in [6.07, 6.45) is 1.36. The highest BCUT2D eigenvalue weighted by molar-refractivity contribution is 5.43. The number of nitrogens with zero attached hydrogens (tertiary/aromatic N) is 1. The Morgan fingerprint density at radius 2 is 2.14 bits per heavy atom. The van der Waals surface area contributed by atoms with E-state index in [1.807, 2.05) is 18.2 Å². The van der Waals surface area contributed by atoms with Gasteiger partial charge in [0.25, 0.3) is 5.56 Å². The zero-order chi connectivity index (χ0) is 16.1. The highest BCUT2D eigenvalue weighted by Crippen LogP contribution is 2.26.